The van der Waals surface area contributed by atoms with Crippen LogP contribution in [0.4, 0.5) is 5.69 Å². The van der Waals surface area contributed by atoms with Crippen molar-refractivity contribution in [1.82, 2.24) is 9.78 Å². The molecule has 0 spiro atoms. The van der Waals surface area contributed by atoms with Crippen LogP contribution in [0.2, 0.25) is 0 Å². The molecule has 0 amide bonds. The summed E-state index contributed by atoms with van der Waals surface area (Å²) in [7, 11) is 1.88. The normalized spacial score (nSPS) is 10.9. The third-order valence-electron chi connectivity index (χ3n) is 2.34. The van der Waals surface area contributed by atoms with Crippen LogP contribution in [0.5, 0.6) is 0 Å². The molecule has 4 nitrogen and oxygen atoms in total. The Balaban J connectivity index is 3.43. The van der Waals surface area contributed by atoms with Crippen molar-refractivity contribution in [2.75, 3.05) is 0 Å². The summed E-state index contributed by atoms with van der Waals surface area (Å²) >= 11 is 0. The van der Waals surface area contributed by atoms with Crippen molar-refractivity contribution in [3.05, 3.63) is 11.4 Å². The predicted octanol–water partition coefficient (Wildman–Crippen LogP) is 2.63. The van der Waals surface area contributed by atoms with Crippen LogP contribution in [-0.2, 0) is 11.8 Å². The Bertz CT molecular complexity index is 398. The Kier molecular flexibility index (Phi) is 3.43. The van der Waals surface area contributed by atoms with E-state index in [1.807, 2.05) is 20.9 Å². The second-order valence-corrected chi connectivity index (χ2v) is 4.26. The van der Waals surface area contributed by atoms with Gasteiger partial charge in [-0.15, -0.1) is 0 Å². The Morgan fingerprint density at radius 3 is 2.27 bits per heavy atom. The second kappa shape index (κ2) is 4.41. The molecule has 0 atom stereocenters. The first kappa shape index (κ1) is 11.7. The lowest BCUT2D eigenvalue weighted by molar-refractivity contribution is 0.565. The molecule has 15 heavy (non-hydrogen) atoms. The largest absolute Gasteiger partial charge is 0.270 e. The highest BCUT2D eigenvalue weighted by Crippen LogP contribution is 2.33. The number of aromatic nitrogens is 2. The van der Waals surface area contributed by atoms with E-state index in [1.165, 1.54) is 0 Å². The van der Waals surface area contributed by atoms with Crippen LogP contribution in [0.25, 0.3) is 0 Å². The van der Waals surface area contributed by atoms with Gasteiger partial charge in [0.2, 0.25) is 6.08 Å². The van der Waals surface area contributed by atoms with E-state index < -0.39 is 0 Å². The van der Waals surface area contributed by atoms with E-state index in [4.69, 9.17) is 0 Å². The fourth-order valence-corrected chi connectivity index (χ4v) is 1.74. The molecule has 0 N–H and O–H groups in total. The van der Waals surface area contributed by atoms with Gasteiger partial charge in [0.1, 0.15) is 5.69 Å². The average Bonchev–Trinajstić information content (AvgIpc) is 2.43. The van der Waals surface area contributed by atoms with Gasteiger partial charge in [0.25, 0.3) is 0 Å². The Morgan fingerprint density at radius 1 is 1.27 bits per heavy atom. The van der Waals surface area contributed by atoms with Crippen LogP contribution >= 0.6 is 0 Å². The SMILES string of the molecule is CC(C)c1nn(C)c(C(C)C)c1N=C=O. The van der Waals surface area contributed by atoms with Crippen LogP contribution in [0.15, 0.2) is 4.99 Å². The first-order chi connectivity index (χ1) is 6.99. The molecular formula is C11H17N3O. The number of rotatable bonds is 3. The maximum Gasteiger partial charge on any atom is 0.240 e. The molecule has 1 heterocycles. The lowest BCUT2D eigenvalue weighted by Crippen LogP contribution is -1.99. The van der Waals surface area contributed by atoms with Gasteiger partial charge in [-0.25, -0.2) is 4.79 Å². The van der Waals surface area contributed by atoms with Gasteiger partial charge in [0.15, 0.2) is 0 Å². The lowest BCUT2D eigenvalue weighted by Gasteiger charge is -2.06. The van der Waals surface area contributed by atoms with Gasteiger partial charge in [-0.05, 0) is 11.8 Å². The van der Waals surface area contributed by atoms with Crippen LogP contribution in [0.3, 0.4) is 0 Å². The topological polar surface area (TPSA) is 47.2 Å². The van der Waals surface area contributed by atoms with Crippen LogP contribution in [0.1, 0.15) is 50.9 Å². The van der Waals surface area contributed by atoms with Crippen molar-refractivity contribution < 1.29 is 4.79 Å². The summed E-state index contributed by atoms with van der Waals surface area (Å²) < 4.78 is 1.80. The van der Waals surface area contributed by atoms with E-state index >= 15 is 0 Å². The van der Waals surface area contributed by atoms with Crippen molar-refractivity contribution in [3.8, 4) is 0 Å². The number of nitrogens with zero attached hydrogens (tertiary/aromatic N) is 3. The molecule has 1 rings (SSSR count). The third-order valence-corrected chi connectivity index (χ3v) is 2.34. The molecule has 82 valence electrons. The number of aliphatic imine (C=N–C) groups is 1. The highest BCUT2D eigenvalue weighted by atomic mass is 16.1. The summed E-state index contributed by atoms with van der Waals surface area (Å²) in [5.74, 6) is 0.554. The first-order valence-corrected chi connectivity index (χ1v) is 5.13. The minimum atomic E-state index is 0.260. The van der Waals surface area contributed by atoms with Crippen LogP contribution < -0.4 is 0 Å². The maximum atomic E-state index is 10.4. The van der Waals surface area contributed by atoms with Crippen LogP contribution in [-0.4, -0.2) is 15.9 Å². The summed E-state index contributed by atoms with van der Waals surface area (Å²) in [5.41, 5.74) is 2.55. The van der Waals surface area contributed by atoms with Crippen molar-refractivity contribution >= 4 is 11.8 Å². The standard InChI is InChI=1S/C11H17N3O/c1-7(2)9-10(12-6-15)11(8(3)4)14(5)13-9/h7-8H,1-5H3. The minimum Gasteiger partial charge on any atom is -0.270 e. The van der Waals surface area contributed by atoms with E-state index in [0.29, 0.717) is 11.6 Å². The molecule has 0 unspecified atom stereocenters. The van der Waals surface area contributed by atoms with E-state index in [0.717, 1.165) is 11.4 Å². The highest BCUT2D eigenvalue weighted by Gasteiger charge is 2.20. The van der Waals surface area contributed by atoms with Gasteiger partial charge in [0.05, 0.1) is 11.4 Å². The molecule has 0 aliphatic rings. The molecule has 1 aromatic heterocycles. The smallest absolute Gasteiger partial charge is 0.240 e. The molecule has 0 aromatic carbocycles. The molecule has 0 saturated heterocycles. The van der Waals surface area contributed by atoms with Crippen molar-refractivity contribution in [2.24, 2.45) is 12.0 Å². The molecule has 0 aliphatic heterocycles. The van der Waals surface area contributed by atoms with Gasteiger partial charge in [-0.2, -0.15) is 10.1 Å². The van der Waals surface area contributed by atoms with Gasteiger partial charge in [-0.3, -0.25) is 4.68 Å². The number of hydrogen-bond acceptors (Lipinski definition) is 3. The zero-order valence-corrected chi connectivity index (χ0v) is 9.90. The summed E-state index contributed by atoms with van der Waals surface area (Å²) in [6, 6.07) is 0. The fourth-order valence-electron chi connectivity index (χ4n) is 1.74. The zero-order chi connectivity index (χ0) is 11.6. The molecule has 0 fully saturated rings. The summed E-state index contributed by atoms with van der Waals surface area (Å²) in [6.07, 6.45) is 1.61. The average molecular weight is 207 g/mol. The number of carbonyl (C=O) groups excluding carboxylic acids is 1. The fraction of sp³-hybridized carbons (Fsp3) is 0.636. The number of isocyanates is 1. The van der Waals surface area contributed by atoms with Crippen molar-refractivity contribution in [2.45, 2.75) is 39.5 Å². The molecule has 0 bridgehead atoms. The van der Waals surface area contributed by atoms with E-state index in [2.05, 4.69) is 23.9 Å². The third kappa shape index (κ3) is 2.16. The monoisotopic (exact) mass is 207 g/mol. The molecule has 4 heteroatoms. The lowest BCUT2D eigenvalue weighted by atomic mass is 10.0. The Morgan fingerprint density at radius 2 is 1.87 bits per heavy atom. The summed E-state index contributed by atoms with van der Waals surface area (Å²) in [6.45, 7) is 8.20. The zero-order valence-electron chi connectivity index (χ0n) is 9.90. The number of hydrogen-bond donors (Lipinski definition) is 0. The molecule has 0 aliphatic carbocycles. The molecular weight excluding hydrogens is 190 g/mol. The summed E-state index contributed by atoms with van der Waals surface area (Å²) in [5, 5.41) is 4.39. The van der Waals surface area contributed by atoms with E-state index in [1.54, 1.807) is 10.8 Å². The number of aryl methyl sites for hydroxylation is 1. The van der Waals surface area contributed by atoms with Gasteiger partial charge < -0.3 is 0 Å². The van der Waals surface area contributed by atoms with E-state index in [-0.39, 0.29) is 5.92 Å². The molecule has 0 radical (unpaired) electrons. The quantitative estimate of drug-likeness (QED) is 0.565. The minimum absolute atomic E-state index is 0.260. The van der Waals surface area contributed by atoms with Crippen molar-refractivity contribution in [3.63, 3.8) is 0 Å². The van der Waals surface area contributed by atoms with Gasteiger partial charge in [0, 0.05) is 7.05 Å². The first-order valence-electron chi connectivity index (χ1n) is 5.13. The van der Waals surface area contributed by atoms with Crippen molar-refractivity contribution in [1.29, 1.82) is 0 Å². The predicted molar refractivity (Wildman–Crippen MR) is 59.2 cm³/mol. The molecule has 0 saturated carbocycles. The molecule has 1 aromatic rings. The highest BCUT2D eigenvalue weighted by molar-refractivity contribution is 5.56. The van der Waals surface area contributed by atoms with Gasteiger partial charge in [-0.1, -0.05) is 27.7 Å². The van der Waals surface area contributed by atoms with Gasteiger partial charge >= 0.3 is 0 Å². The Hall–Kier alpha value is -1.41. The second-order valence-electron chi connectivity index (χ2n) is 4.26. The van der Waals surface area contributed by atoms with E-state index in [9.17, 15) is 4.79 Å². The Labute approximate surface area is 90.0 Å². The maximum absolute atomic E-state index is 10.4. The summed E-state index contributed by atoms with van der Waals surface area (Å²) in [4.78, 5) is 14.2. The van der Waals surface area contributed by atoms with Crippen LogP contribution in [0, 0.1) is 0 Å².